The van der Waals surface area contributed by atoms with Crippen LogP contribution in [0.25, 0.3) is 10.4 Å². The van der Waals surface area contributed by atoms with E-state index < -0.39 is 10.0 Å². The SMILES string of the molecule is Cc1nn(CCNS(=O)(=O)c2cccc(Cl)c2C)c(C)c1-c1cccs1. The number of sulfonamides is 1. The fourth-order valence-corrected chi connectivity index (χ4v) is 5.33. The minimum atomic E-state index is -3.62. The monoisotopic (exact) mass is 409 g/mol. The maximum atomic E-state index is 12.5. The fraction of sp³-hybridized carbons (Fsp3) is 0.278. The van der Waals surface area contributed by atoms with Crippen LogP contribution in [0, 0.1) is 20.8 Å². The number of aromatic nitrogens is 2. The quantitative estimate of drug-likeness (QED) is 0.664. The van der Waals surface area contributed by atoms with Crippen LogP contribution in [0.1, 0.15) is 17.0 Å². The molecular weight excluding hydrogens is 390 g/mol. The van der Waals surface area contributed by atoms with Crippen LogP contribution in [-0.4, -0.2) is 24.7 Å². The van der Waals surface area contributed by atoms with Gasteiger partial charge in [-0.2, -0.15) is 5.10 Å². The van der Waals surface area contributed by atoms with Crippen LogP contribution in [-0.2, 0) is 16.6 Å². The Morgan fingerprint density at radius 3 is 2.65 bits per heavy atom. The summed E-state index contributed by atoms with van der Waals surface area (Å²) in [4.78, 5) is 1.37. The molecule has 26 heavy (non-hydrogen) atoms. The molecule has 0 bridgehead atoms. The highest BCUT2D eigenvalue weighted by molar-refractivity contribution is 7.89. The van der Waals surface area contributed by atoms with Gasteiger partial charge in [0.25, 0.3) is 0 Å². The van der Waals surface area contributed by atoms with Gasteiger partial charge in [-0.25, -0.2) is 13.1 Å². The van der Waals surface area contributed by atoms with E-state index in [0.717, 1.165) is 17.0 Å². The van der Waals surface area contributed by atoms with Crippen LogP contribution < -0.4 is 4.72 Å². The zero-order chi connectivity index (χ0) is 18.9. The first kappa shape index (κ1) is 19.1. The van der Waals surface area contributed by atoms with E-state index in [4.69, 9.17) is 11.6 Å². The summed E-state index contributed by atoms with van der Waals surface area (Å²) in [5, 5.41) is 7.03. The van der Waals surface area contributed by atoms with Crippen molar-refractivity contribution in [1.82, 2.24) is 14.5 Å². The van der Waals surface area contributed by atoms with Crippen LogP contribution in [0.2, 0.25) is 5.02 Å². The van der Waals surface area contributed by atoms with Crippen molar-refractivity contribution in [3.63, 3.8) is 0 Å². The second-order valence-corrected chi connectivity index (χ2v) is 9.10. The number of hydrogen-bond donors (Lipinski definition) is 1. The number of hydrogen-bond acceptors (Lipinski definition) is 4. The average molecular weight is 410 g/mol. The summed E-state index contributed by atoms with van der Waals surface area (Å²) in [6.45, 7) is 6.38. The molecule has 138 valence electrons. The van der Waals surface area contributed by atoms with Crippen molar-refractivity contribution in [2.75, 3.05) is 6.54 Å². The number of rotatable bonds is 6. The normalized spacial score (nSPS) is 11.8. The fourth-order valence-electron chi connectivity index (χ4n) is 2.93. The molecule has 0 amide bonds. The molecule has 8 heteroatoms. The van der Waals surface area contributed by atoms with Gasteiger partial charge in [0.1, 0.15) is 0 Å². The minimum absolute atomic E-state index is 0.206. The Balaban J connectivity index is 1.74. The van der Waals surface area contributed by atoms with E-state index in [-0.39, 0.29) is 11.4 Å². The van der Waals surface area contributed by atoms with Gasteiger partial charge in [0.05, 0.1) is 17.1 Å². The Labute approximate surface area is 162 Å². The highest BCUT2D eigenvalue weighted by Crippen LogP contribution is 2.30. The number of benzene rings is 1. The lowest BCUT2D eigenvalue weighted by Crippen LogP contribution is -2.28. The summed E-state index contributed by atoms with van der Waals surface area (Å²) < 4.78 is 29.6. The van der Waals surface area contributed by atoms with Gasteiger partial charge < -0.3 is 0 Å². The molecule has 2 heterocycles. The molecule has 0 aliphatic rings. The molecule has 0 radical (unpaired) electrons. The van der Waals surface area contributed by atoms with Crippen molar-refractivity contribution in [1.29, 1.82) is 0 Å². The van der Waals surface area contributed by atoms with Gasteiger partial charge in [0.15, 0.2) is 0 Å². The van der Waals surface area contributed by atoms with Gasteiger partial charge in [-0.1, -0.05) is 23.7 Å². The number of aryl methyl sites for hydroxylation is 1. The van der Waals surface area contributed by atoms with Gasteiger partial charge in [-0.05, 0) is 49.9 Å². The van der Waals surface area contributed by atoms with Crippen molar-refractivity contribution in [2.24, 2.45) is 0 Å². The second-order valence-electron chi connectivity index (χ2n) is 6.01. The minimum Gasteiger partial charge on any atom is -0.268 e. The number of nitrogens with zero attached hydrogens (tertiary/aromatic N) is 2. The van der Waals surface area contributed by atoms with Crippen LogP contribution in [0.5, 0.6) is 0 Å². The summed E-state index contributed by atoms with van der Waals surface area (Å²) in [5.41, 5.74) is 3.64. The third-order valence-electron chi connectivity index (χ3n) is 4.27. The summed E-state index contributed by atoms with van der Waals surface area (Å²) in [7, 11) is -3.62. The number of thiophene rings is 1. The Bertz CT molecular complexity index is 1030. The lowest BCUT2D eigenvalue weighted by molar-refractivity contribution is 0.554. The molecule has 0 atom stereocenters. The summed E-state index contributed by atoms with van der Waals surface area (Å²) in [5.74, 6) is 0. The standard InChI is InChI=1S/C18H20ClN3O2S2/c1-12-15(19)6-4-8-17(12)26(23,24)20-9-10-22-14(3)18(13(2)21-22)16-7-5-11-25-16/h4-8,11,20H,9-10H2,1-3H3. The molecule has 3 rings (SSSR count). The molecule has 3 aromatic rings. The molecular formula is C18H20ClN3O2S2. The van der Waals surface area contributed by atoms with E-state index in [0.29, 0.717) is 17.1 Å². The van der Waals surface area contributed by atoms with Crippen LogP contribution in [0.15, 0.2) is 40.6 Å². The van der Waals surface area contributed by atoms with Crippen molar-refractivity contribution >= 4 is 33.0 Å². The Morgan fingerprint density at radius 2 is 1.96 bits per heavy atom. The maximum absolute atomic E-state index is 12.5. The Kier molecular flexibility index (Phi) is 5.53. The molecule has 0 spiro atoms. The molecule has 0 unspecified atom stereocenters. The van der Waals surface area contributed by atoms with Crippen molar-refractivity contribution in [3.8, 4) is 10.4 Å². The predicted octanol–water partition coefficient (Wildman–Crippen LogP) is 4.17. The van der Waals surface area contributed by atoms with Crippen molar-refractivity contribution in [2.45, 2.75) is 32.2 Å². The van der Waals surface area contributed by atoms with Crippen LogP contribution in [0.3, 0.4) is 0 Å². The molecule has 5 nitrogen and oxygen atoms in total. The zero-order valence-corrected chi connectivity index (χ0v) is 17.2. The summed E-state index contributed by atoms with van der Waals surface area (Å²) >= 11 is 7.70. The molecule has 0 fully saturated rings. The first-order chi connectivity index (χ1) is 12.3. The van der Waals surface area contributed by atoms with E-state index in [2.05, 4.69) is 15.9 Å². The molecule has 0 saturated carbocycles. The van der Waals surface area contributed by atoms with E-state index >= 15 is 0 Å². The molecule has 0 aliphatic heterocycles. The lowest BCUT2D eigenvalue weighted by Gasteiger charge is -2.11. The topological polar surface area (TPSA) is 64.0 Å². The molecule has 0 aliphatic carbocycles. The third-order valence-corrected chi connectivity index (χ3v) is 7.17. The maximum Gasteiger partial charge on any atom is 0.240 e. The zero-order valence-electron chi connectivity index (χ0n) is 14.8. The lowest BCUT2D eigenvalue weighted by atomic mass is 10.1. The first-order valence-corrected chi connectivity index (χ1v) is 10.9. The Hall–Kier alpha value is -1.67. The smallest absolute Gasteiger partial charge is 0.240 e. The van der Waals surface area contributed by atoms with Crippen molar-refractivity contribution < 1.29 is 8.42 Å². The molecule has 1 aromatic carbocycles. The van der Waals surface area contributed by atoms with Crippen LogP contribution in [0.4, 0.5) is 0 Å². The molecule has 2 aromatic heterocycles. The largest absolute Gasteiger partial charge is 0.268 e. The summed E-state index contributed by atoms with van der Waals surface area (Å²) in [6, 6.07) is 8.95. The number of nitrogens with one attached hydrogen (secondary N) is 1. The molecule has 1 N–H and O–H groups in total. The van der Waals surface area contributed by atoms with Gasteiger partial charge in [-0.15, -0.1) is 11.3 Å². The Morgan fingerprint density at radius 1 is 1.19 bits per heavy atom. The molecule has 0 saturated heterocycles. The first-order valence-electron chi connectivity index (χ1n) is 8.14. The second kappa shape index (κ2) is 7.52. The predicted molar refractivity (Wildman–Crippen MR) is 106 cm³/mol. The van der Waals surface area contributed by atoms with E-state index in [1.165, 1.54) is 4.88 Å². The van der Waals surface area contributed by atoms with Gasteiger partial charge >= 0.3 is 0 Å². The van der Waals surface area contributed by atoms with Crippen molar-refractivity contribution in [3.05, 3.63) is 57.7 Å². The third kappa shape index (κ3) is 3.71. The van der Waals surface area contributed by atoms with Gasteiger partial charge in [0.2, 0.25) is 10.0 Å². The van der Waals surface area contributed by atoms with Crippen LogP contribution >= 0.6 is 22.9 Å². The van der Waals surface area contributed by atoms with E-state index in [9.17, 15) is 8.42 Å². The van der Waals surface area contributed by atoms with Gasteiger partial charge in [-0.3, -0.25) is 4.68 Å². The number of halogens is 1. The van der Waals surface area contributed by atoms with Gasteiger partial charge in [0, 0.05) is 27.7 Å². The van der Waals surface area contributed by atoms with E-state index in [1.807, 2.05) is 30.0 Å². The average Bonchev–Trinajstić information content (AvgIpc) is 3.18. The van der Waals surface area contributed by atoms with E-state index in [1.54, 1.807) is 36.5 Å². The highest BCUT2D eigenvalue weighted by atomic mass is 35.5. The highest BCUT2D eigenvalue weighted by Gasteiger charge is 2.19. The summed E-state index contributed by atoms with van der Waals surface area (Å²) in [6.07, 6.45) is 0.